The van der Waals surface area contributed by atoms with Gasteiger partial charge in [0.15, 0.2) is 0 Å². The average molecular weight is 523 g/mol. The molecule has 2 aromatic carbocycles. The summed E-state index contributed by atoms with van der Waals surface area (Å²) in [5, 5.41) is 0. The first-order valence-electron chi connectivity index (χ1n) is 9.57. The van der Waals surface area contributed by atoms with E-state index in [1.807, 2.05) is 6.07 Å². The molecule has 0 atom stereocenters. The number of halogens is 4. The second kappa shape index (κ2) is 10.5. The third kappa shape index (κ3) is 6.32. The zero-order chi connectivity index (χ0) is 24.0. The van der Waals surface area contributed by atoms with E-state index in [9.17, 15) is 22.8 Å². The number of carbonyl (C=O) groups excluding carboxylic acids is 2. The molecule has 0 radical (unpaired) electrons. The number of aromatic nitrogens is 1. The van der Waals surface area contributed by atoms with Crippen molar-refractivity contribution in [1.29, 1.82) is 0 Å². The van der Waals surface area contributed by atoms with E-state index in [1.165, 1.54) is 37.6 Å². The van der Waals surface area contributed by atoms with Crippen molar-refractivity contribution in [2.45, 2.75) is 19.3 Å². The van der Waals surface area contributed by atoms with Crippen LogP contribution in [0.1, 0.15) is 21.6 Å². The van der Waals surface area contributed by atoms with Gasteiger partial charge < -0.3 is 9.47 Å². The maximum atomic E-state index is 13.4. The highest BCUT2D eigenvalue weighted by Gasteiger charge is 2.43. The van der Waals surface area contributed by atoms with Gasteiger partial charge in [0.2, 0.25) is 0 Å². The van der Waals surface area contributed by atoms with Crippen LogP contribution in [-0.4, -0.2) is 30.1 Å². The molecule has 172 valence electrons. The van der Waals surface area contributed by atoms with E-state index in [2.05, 4.69) is 20.9 Å². The highest BCUT2D eigenvalue weighted by Crippen LogP contribution is 2.31. The molecule has 6 nitrogen and oxygen atoms in total. The SMILES string of the molecule is COC(=O)c1ccc(N(Cc2ccc(Br)cn2)C(=O)C(F)(F)F)cc1OCc1ccccc1. The molecule has 1 amide bonds. The molecule has 3 rings (SSSR count). The van der Waals surface area contributed by atoms with Crippen molar-refractivity contribution < 1.29 is 32.2 Å². The Bertz CT molecular complexity index is 1120. The van der Waals surface area contributed by atoms with E-state index in [-0.39, 0.29) is 29.3 Å². The maximum absolute atomic E-state index is 13.4. The molecular formula is C23H18BrF3N2O4. The van der Waals surface area contributed by atoms with Gasteiger partial charge in [-0.2, -0.15) is 13.2 Å². The second-order valence-electron chi connectivity index (χ2n) is 6.80. The predicted octanol–water partition coefficient (Wildman–Crippen LogP) is 5.31. The number of rotatable bonds is 7. The molecule has 0 saturated heterocycles. The number of ether oxygens (including phenoxy) is 2. The summed E-state index contributed by atoms with van der Waals surface area (Å²) in [6.07, 6.45) is -3.71. The van der Waals surface area contributed by atoms with E-state index >= 15 is 0 Å². The number of hydrogen-bond acceptors (Lipinski definition) is 5. The second-order valence-corrected chi connectivity index (χ2v) is 7.72. The number of alkyl halides is 3. The summed E-state index contributed by atoms with van der Waals surface area (Å²) in [4.78, 5) is 29.0. The molecule has 3 aromatic rings. The first kappa shape index (κ1) is 24.2. The van der Waals surface area contributed by atoms with Gasteiger partial charge in [-0.1, -0.05) is 30.3 Å². The summed E-state index contributed by atoms with van der Waals surface area (Å²) in [6.45, 7) is -0.392. The summed E-state index contributed by atoms with van der Waals surface area (Å²) in [5.74, 6) is -2.83. The zero-order valence-corrected chi connectivity index (χ0v) is 18.9. The molecule has 33 heavy (non-hydrogen) atoms. The maximum Gasteiger partial charge on any atom is 0.471 e. The van der Waals surface area contributed by atoms with Crippen molar-refractivity contribution in [3.63, 3.8) is 0 Å². The molecule has 0 aliphatic carbocycles. The molecule has 0 aliphatic rings. The van der Waals surface area contributed by atoms with Crippen LogP contribution in [0.4, 0.5) is 18.9 Å². The molecule has 0 aliphatic heterocycles. The summed E-state index contributed by atoms with van der Waals surface area (Å²) < 4.78 is 51.2. The van der Waals surface area contributed by atoms with Crippen LogP contribution < -0.4 is 9.64 Å². The van der Waals surface area contributed by atoms with Gasteiger partial charge >= 0.3 is 18.1 Å². The van der Waals surface area contributed by atoms with E-state index in [4.69, 9.17) is 9.47 Å². The Morgan fingerprint density at radius 1 is 1.06 bits per heavy atom. The van der Waals surface area contributed by atoms with Crippen LogP contribution in [0.2, 0.25) is 0 Å². The molecule has 0 unspecified atom stereocenters. The molecule has 0 saturated carbocycles. The topological polar surface area (TPSA) is 68.7 Å². The van der Waals surface area contributed by atoms with Gasteiger partial charge in [0.1, 0.15) is 17.9 Å². The standard InChI is InChI=1S/C23H18BrF3N2O4/c1-32-21(30)19-10-9-18(11-20(19)33-14-15-5-3-2-4-6-15)29(22(31)23(25,26)27)13-17-8-7-16(24)12-28-17/h2-12H,13-14H2,1H3. The van der Waals surface area contributed by atoms with Crippen LogP contribution in [0.15, 0.2) is 71.3 Å². The molecule has 10 heteroatoms. The predicted molar refractivity (Wildman–Crippen MR) is 118 cm³/mol. The van der Waals surface area contributed by atoms with E-state index in [1.54, 1.807) is 30.3 Å². The first-order valence-corrected chi connectivity index (χ1v) is 10.4. The van der Waals surface area contributed by atoms with E-state index in [0.29, 0.717) is 9.37 Å². The summed E-state index contributed by atoms with van der Waals surface area (Å²) in [7, 11) is 1.18. The number of nitrogens with zero attached hydrogens (tertiary/aromatic N) is 2. The van der Waals surface area contributed by atoms with Gasteiger partial charge in [-0.15, -0.1) is 0 Å². The monoisotopic (exact) mass is 522 g/mol. The van der Waals surface area contributed by atoms with Gasteiger partial charge in [-0.05, 0) is 45.8 Å². The molecule has 0 fully saturated rings. The fourth-order valence-electron chi connectivity index (χ4n) is 2.91. The van der Waals surface area contributed by atoms with Crippen molar-refractivity contribution in [1.82, 2.24) is 4.98 Å². The van der Waals surface area contributed by atoms with Crippen molar-refractivity contribution in [2.75, 3.05) is 12.0 Å². The lowest BCUT2D eigenvalue weighted by atomic mass is 10.1. The largest absolute Gasteiger partial charge is 0.488 e. The minimum Gasteiger partial charge on any atom is -0.488 e. The number of amides is 1. The Kier molecular flexibility index (Phi) is 7.70. The highest BCUT2D eigenvalue weighted by atomic mass is 79.9. The van der Waals surface area contributed by atoms with E-state index in [0.717, 1.165) is 5.56 Å². The third-order valence-corrected chi connectivity index (χ3v) is 4.98. The lowest BCUT2D eigenvalue weighted by Gasteiger charge is -2.24. The summed E-state index contributed by atoms with van der Waals surface area (Å²) in [5.41, 5.74) is 0.914. The molecule has 1 heterocycles. The molecule has 0 N–H and O–H groups in total. The van der Waals surface area contributed by atoms with Gasteiger partial charge in [-0.25, -0.2) is 4.79 Å². The summed E-state index contributed by atoms with van der Waals surface area (Å²) in [6, 6.07) is 15.8. The number of benzene rings is 2. The van der Waals surface area contributed by atoms with Crippen LogP contribution in [-0.2, 0) is 22.7 Å². The van der Waals surface area contributed by atoms with Gasteiger partial charge in [0, 0.05) is 22.4 Å². The molecule has 0 spiro atoms. The van der Waals surface area contributed by atoms with Crippen molar-refractivity contribution in [3.05, 3.63) is 88.2 Å². The molecule has 0 bridgehead atoms. The minimum atomic E-state index is -5.12. The third-order valence-electron chi connectivity index (χ3n) is 4.52. The van der Waals surface area contributed by atoms with Crippen LogP contribution in [0.25, 0.3) is 0 Å². The van der Waals surface area contributed by atoms with Crippen molar-refractivity contribution in [3.8, 4) is 5.75 Å². The normalized spacial score (nSPS) is 11.1. The van der Waals surface area contributed by atoms with Gasteiger partial charge in [0.05, 0.1) is 19.3 Å². The Balaban J connectivity index is 2.00. The molecule has 1 aromatic heterocycles. The Hall–Kier alpha value is -3.40. The highest BCUT2D eigenvalue weighted by molar-refractivity contribution is 9.10. The Labute approximate surface area is 196 Å². The quantitative estimate of drug-likeness (QED) is 0.393. The van der Waals surface area contributed by atoms with Gasteiger partial charge in [0.25, 0.3) is 0 Å². The number of anilines is 1. The van der Waals surface area contributed by atoms with E-state index < -0.39 is 24.6 Å². The van der Waals surface area contributed by atoms with Gasteiger partial charge in [-0.3, -0.25) is 14.7 Å². The number of methoxy groups -OCH3 is 1. The van der Waals surface area contributed by atoms with Crippen LogP contribution in [0.3, 0.4) is 0 Å². The number of esters is 1. The molecular weight excluding hydrogens is 505 g/mol. The van der Waals surface area contributed by atoms with Crippen LogP contribution in [0, 0.1) is 0 Å². The lowest BCUT2D eigenvalue weighted by molar-refractivity contribution is -0.170. The number of carbonyl (C=O) groups is 2. The number of pyridine rings is 1. The lowest BCUT2D eigenvalue weighted by Crippen LogP contribution is -2.41. The Morgan fingerprint density at radius 2 is 1.79 bits per heavy atom. The Morgan fingerprint density at radius 3 is 2.39 bits per heavy atom. The first-order chi connectivity index (χ1) is 15.7. The summed E-state index contributed by atoms with van der Waals surface area (Å²) >= 11 is 3.21. The minimum absolute atomic E-state index is 0.0124. The zero-order valence-electron chi connectivity index (χ0n) is 17.3. The van der Waals surface area contributed by atoms with Crippen LogP contribution >= 0.6 is 15.9 Å². The van der Waals surface area contributed by atoms with Crippen molar-refractivity contribution >= 4 is 33.5 Å². The van der Waals surface area contributed by atoms with Crippen molar-refractivity contribution in [2.24, 2.45) is 0 Å². The fraction of sp³-hybridized carbons (Fsp3) is 0.174. The fourth-order valence-corrected chi connectivity index (χ4v) is 3.14. The average Bonchev–Trinajstić information content (AvgIpc) is 2.81. The number of hydrogen-bond donors (Lipinski definition) is 0. The van der Waals surface area contributed by atoms with Crippen LogP contribution in [0.5, 0.6) is 5.75 Å². The smallest absolute Gasteiger partial charge is 0.471 e.